The van der Waals surface area contributed by atoms with Crippen LogP contribution in [0.4, 0.5) is 0 Å². The normalized spacial score (nSPS) is 25.9. The van der Waals surface area contributed by atoms with Gasteiger partial charge in [0.2, 0.25) is 0 Å². The van der Waals surface area contributed by atoms with Crippen molar-refractivity contribution in [2.24, 2.45) is 11.7 Å². The molecule has 0 saturated heterocycles. The lowest BCUT2D eigenvalue weighted by atomic mass is 9.81. The van der Waals surface area contributed by atoms with Crippen LogP contribution in [0.15, 0.2) is 6.20 Å². The summed E-state index contributed by atoms with van der Waals surface area (Å²) in [6, 6.07) is 0. The van der Waals surface area contributed by atoms with E-state index in [0.29, 0.717) is 5.92 Å². The largest absolute Gasteiger partial charge is 0.330 e. The molecule has 1 aromatic heterocycles. The van der Waals surface area contributed by atoms with Crippen LogP contribution in [0.1, 0.15) is 50.6 Å². The quantitative estimate of drug-likeness (QED) is 0.846. The maximum absolute atomic E-state index is 5.48. The molecule has 2 unspecified atom stereocenters. The minimum Gasteiger partial charge on any atom is -0.330 e. The van der Waals surface area contributed by atoms with Crippen LogP contribution in [-0.2, 0) is 6.54 Å². The lowest BCUT2D eigenvalue weighted by molar-refractivity contribution is 0.340. The molecule has 0 aromatic carbocycles. The summed E-state index contributed by atoms with van der Waals surface area (Å²) >= 11 is 0. The third-order valence-corrected chi connectivity index (χ3v) is 3.50. The molecule has 1 aliphatic carbocycles. The Morgan fingerprint density at radius 2 is 2.38 bits per heavy atom. The van der Waals surface area contributed by atoms with Gasteiger partial charge in [0.15, 0.2) is 0 Å². The van der Waals surface area contributed by atoms with E-state index >= 15 is 0 Å². The summed E-state index contributed by atoms with van der Waals surface area (Å²) in [5.74, 6) is 1.48. The van der Waals surface area contributed by atoms with Crippen molar-refractivity contribution < 1.29 is 0 Å². The van der Waals surface area contributed by atoms with Gasteiger partial charge in [-0.05, 0) is 31.7 Å². The molecule has 1 aliphatic rings. The van der Waals surface area contributed by atoms with E-state index in [0.717, 1.165) is 25.4 Å². The van der Waals surface area contributed by atoms with Crippen molar-refractivity contribution in [3.8, 4) is 0 Å². The molecule has 2 atom stereocenters. The van der Waals surface area contributed by atoms with E-state index in [4.69, 9.17) is 5.73 Å². The molecule has 16 heavy (non-hydrogen) atoms. The van der Waals surface area contributed by atoms with Gasteiger partial charge < -0.3 is 5.73 Å². The fraction of sp³-hybridized carbons (Fsp3) is 0.833. The molecular weight excluding hydrogens is 200 g/mol. The Hall–Kier alpha value is -0.900. The first kappa shape index (κ1) is 11.6. The SMILES string of the molecule is CC1CCCC(c2cn(CCCN)nn2)C1. The zero-order chi connectivity index (χ0) is 11.4. The predicted molar refractivity (Wildman–Crippen MR) is 64.1 cm³/mol. The number of rotatable bonds is 4. The Kier molecular flexibility index (Phi) is 3.93. The average Bonchev–Trinajstić information content (AvgIpc) is 2.75. The summed E-state index contributed by atoms with van der Waals surface area (Å²) in [5, 5.41) is 8.46. The van der Waals surface area contributed by atoms with Gasteiger partial charge in [-0.3, -0.25) is 4.68 Å². The van der Waals surface area contributed by atoms with Crippen LogP contribution in [-0.4, -0.2) is 21.5 Å². The third kappa shape index (κ3) is 2.82. The minimum atomic E-state index is 0.635. The van der Waals surface area contributed by atoms with E-state index in [1.165, 1.54) is 31.4 Å². The monoisotopic (exact) mass is 222 g/mol. The van der Waals surface area contributed by atoms with Crippen LogP contribution in [0.3, 0.4) is 0 Å². The van der Waals surface area contributed by atoms with Gasteiger partial charge in [-0.15, -0.1) is 5.10 Å². The van der Waals surface area contributed by atoms with Crippen LogP contribution < -0.4 is 5.73 Å². The van der Waals surface area contributed by atoms with E-state index in [1.807, 2.05) is 4.68 Å². The Balaban J connectivity index is 1.95. The zero-order valence-electron chi connectivity index (χ0n) is 10.1. The van der Waals surface area contributed by atoms with E-state index < -0.39 is 0 Å². The van der Waals surface area contributed by atoms with Crippen LogP contribution in [0.5, 0.6) is 0 Å². The van der Waals surface area contributed by atoms with Crippen molar-refractivity contribution in [3.63, 3.8) is 0 Å². The predicted octanol–water partition coefficient (Wildman–Crippen LogP) is 1.92. The van der Waals surface area contributed by atoms with E-state index in [9.17, 15) is 0 Å². The van der Waals surface area contributed by atoms with Gasteiger partial charge in [0.05, 0.1) is 5.69 Å². The van der Waals surface area contributed by atoms with Gasteiger partial charge in [0.1, 0.15) is 0 Å². The molecule has 1 aromatic rings. The van der Waals surface area contributed by atoms with E-state index in [1.54, 1.807) is 0 Å². The maximum Gasteiger partial charge on any atom is 0.0858 e. The Labute approximate surface area is 97.2 Å². The van der Waals surface area contributed by atoms with Crippen LogP contribution in [0.2, 0.25) is 0 Å². The van der Waals surface area contributed by atoms with Crippen molar-refractivity contribution in [1.82, 2.24) is 15.0 Å². The highest BCUT2D eigenvalue weighted by atomic mass is 15.4. The summed E-state index contributed by atoms with van der Waals surface area (Å²) in [4.78, 5) is 0. The highest BCUT2D eigenvalue weighted by Gasteiger charge is 2.22. The van der Waals surface area contributed by atoms with Crippen molar-refractivity contribution in [2.75, 3.05) is 6.54 Å². The first-order valence-electron chi connectivity index (χ1n) is 6.39. The molecule has 1 fully saturated rings. The number of nitrogens with two attached hydrogens (primary N) is 1. The zero-order valence-corrected chi connectivity index (χ0v) is 10.1. The highest BCUT2D eigenvalue weighted by Crippen LogP contribution is 2.34. The fourth-order valence-electron chi connectivity index (χ4n) is 2.57. The molecule has 2 rings (SSSR count). The lowest BCUT2D eigenvalue weighted by Crippen LogP contribution is -2.12. The Morgan fingerprint density at radius 1 is 1.50 bits per heavy atom. The second kappa shape index (κ2) is 5.43. The smallest absolute Gasteiger partial charge is 0.0858 e. The topological polar surface area (TPSA) is 56.7 Å². The summed E-state index contributed by atoms with van der Waals surface area (Å²) < 4.78 is 1.93. The molecule has 0 radical (unpaired) electrons. The van der Waals surface area contributed by atoms with Gasteiger partial charge in [0, 0.05) is 18.7 Å². The van der Waals surface area contributed by atoms with Gasteiger partial charge in [0.25, 0.3) is 0 Å². The van der Waals surface area contributed by atoms with Crippen molar-refractivity contribution in [3.05, 3.63) is 11.9 Å². The second-order valence-corrected chi connectivity index (χ2v) is 5.02. The molecule has 0 bridgehead atoms. The van der Waals surface area contributed by atoms with Crippen LogP contribution >= 0.6 is 0 Å². The molecule has 0 aliphatic heterocycles. The van der Waals surface area contributed by atoms with Gasteiger partial charge in [-0.2, -0.15) is 0 Å². The summed E-state index contributed by atoms with van der Waals surface area (Å²) in [5.41, 5.74) is 6.67. The number of hydrogen-bond acceptors (Lipinski definition) is 3. The molecule has 2 N–H and O–H groups in total. The number of aromatic nitrogens is 3. The molecule has 4 nitrogen and oxygen atoms in total. The van der Waals surface area contributed by atoms with Crippen molar-refractivity contribution >= 4 is 0 Å². The molecule has 90 valence electrons. The summed E-state index contributed by atoms with van der Waals surface area (Å²) in [6.45, 7) is 3.95. The second-order valence-electron chi connectivity index (χ2n) is 5.02. The fourth-order valence-corrected chi connectivity index (χ4v) is 2.57. The molecule has 0 spiro atoms. The average molecular weight is 222 g/mol. The lowest BCUT2D eigenvalue weighted by Gasteiger charge is -2.24. The van der Waals surface area contributed by atoms with Crippen molar-refractivity contribution in [1.29, 1.82) is 0 Å². The first-order valence-corrected chi connectivity index (χ1v) is 6.39. The number of hydrogen-bond donors (Lipinski definition) is 1. The maximum atomic E-state index is 5.48. The molecule has 0 amide bonds. The van der Waals surface area contributed by atoms with Crippen molar-refractivity contribution in [2.45, 2.75) is 51.5 Å². The van der Waals surface area contributed by atoms with E-state index in [-0.39, 0.29) is 0 Å². The van der Waals surface area contributed by atoms with Crippen LogP contribution in [0.25, 0.3) is 0 Å². The molecule has 1 heterocycles. The van der Waals surface area contributed by atoms with Gasteiger partial charge in [-0.1, -0.05) is 25.0 Å². The minimum absolute atomic E-state index is 0.635. The Morgan fingerprint density at radius 3 is 3.12 bits per heavy atom. The molecule has 4 heteroatoms. The van der Waals surface area contributed by atoms with E-state index in [2.05, 4.69) is 23.4 Å². The highest BCUT2D eigenvalue weighted by molar-refractivity contribution is 5.03. The number of nitrogens with zero attached hydrogens (tertiary/aromatic N) is 3. The summed E-state index contributed by atoms with van der Waals surface area (Å²) in [7, 11) is 0. The Bertz CT molecular complexity index is 321. The number of aryl methyl sites for hydroxylation is 1. The van der Waals surface area contributed by atoms with Crippen LogP contribution in [0, 0.1) is 5.92 Å². The third-order valence-electron chi connectivity index (χ3n) is 3.50. The standard InChI is InChI=1S/C12H22N4/c1-10-4-2-5-11(8-10)12-9-16(15-14-12)7-3-6-13/h9-11H,2-8,13H2,1H3. The molecule has 1 saturated carbocycles. The molecular formula is C12H22N4. The van der Waals surface area contributed by atoms with Gasteiger partial charge >= 0.3 is 0 Å². The first-order chi connectivity index (χ1) is 7.79. The summed E-state index contributed by atoms with van der Waals surface area (Å²) in [6.07, 6.45) is 8.34. The van der Waals surface area contributed by atoms with Gasteiger partial charge in [-0.25, -0.2) is 0 Å².